The van der Waals surface area contributed by atoms with Gasteiger partial charge in [0.05, 0.1) is 5.69 Å². The van der Waals surface area contributed by atoms with E-state index in [4.69, 9.17) is 0 Å². The second kappa shape index (κ2) is 6.30. The molecule has 1 amide bonds. The van der Waals surface area contributed by atoms with Crippen LogP contribution in [0.25, 0.3) is 11.3 Å². The van der Waals surface area contributed by atoms with Crippen molar-refractivity contribution in [3.63, 3.8) is 0 Å². The van der Waals surface area contributed by atoms with Crippen molar-refractivity contribution < 1.29 is 22.4 Å². The van der Waals surface area contributed by atoms with Gasteiger partial charge in [0.25, 0.3) is 5.56 Å². The third-order valence-corrected chi connectivity index (χ3v) is 3.91. The van der Waals surface area contributed by atoms with Gasteiger partial charge in [0.1, 0.15) is 18.4 Å². The van der Waals surface area contributed by atoms with Gasteiger partial charge >= 0.3 is 6.18 Å². The van der Waals surface area contributed by atoms with Gasteiger partial charge in [0, 0.05) is 18.2 Å². The van der Waals surface area contributed by atoms with Gasteiger partial charge in [-0.25, -0.2) is 9.07 Å². The number of halogens is 4. The Morgan fingerprint density at radius 3 is 2.52 bits per heavy atom. The summed E-state index contributed by atoms with van der Waals surface area (Å²) in [6.07, 6.45) is -4.49. The molecule has 1 aliphatic rings. The number of hydrogen-bond donors (Lipinski definition) is 0. The normalized spacial score (nSPS) is 18.0. The minimum absolute atomic E-state index is 0.0303. The van der Waals surface area contributed by atoms with Crippen LogP contribution in [0.1, 0.15) is 12.5 Å². The summed E-state index contributed by atoms with van der Waals surface area (Å²) in [5.74, 6) is -1.38. The van der Waals surface area contributed by atoms with Crippen molar-refractivity contribution in [2.45, 2.75) is 18.6 Å². The van der Waals surface area contributed by atoms with E-state index in [-0.39, 0.29) is 24.2 Å². The summed E-state index contributed by atoms with van der Waals surface area (Å²) in [5, 5.41) is 4.00. The first kappa shape index (κ1) is 17.1. The zero-order valence-electron chi connectivity index (χ0n) is 12.8. The van der Waals surface area contributed by atoms with Crippen LogP contribution in [0.4, 0.5) is 17.6 Å². The highest BCUT2D eigenvalue weighted by Crippen LogP contribution is 2.27. The number of rotatable bonds is 3. The first-order chi connectivity index (χ1) is 11.8. The minimum atomic E-state index is -4.52. The zero-order chi connectivity index (χ0) is 18.2. The predicted octanol–water partition coefficient (Wildman–Crippen LogP) is 2.39. The molecule has 1 aliphatic heterocycles. The first-order valence-electron chi connectivity index (χ1n) is 7.46. The second-order valence-corrected chi connectivity index (χ2v) is 5.66. The summed E-state index contributed by atoms with van der Waals surface area (Å²) < 4.78 is 52.2. The molecule has 1 fully saturated rings. The summed E-state index contributed by atoms with van der Waals surface area (Å²) in [5.41, 5.74) is -0.374. The Labute approximate surface area is 139 Å². The van der Waals surface area contributed by atoms with Gasteiger partial charge in [-0.1, -0.05) is 12.1 Å². The van der Waals surface area contributed by atoms with Crippen LogP contribution in [0, 0.1) is 5.82 Å². The maximum atomic E-state index is 13.9. The highest BCUT2D eigenvalue weighted by molar-refractivity contribution is 5.82. The average Bonchev–Trinajstić information content (AvgIpc) is 2.88. The molecule has 5 nitrogen and oxygen atoms in total. The lowest BCUT2D eigenvalue weighted by atomic mass is 10.1. The molecule has 0 aliphatic carbocycles. The molecular weight excluding hydrogens is 342 g/mol. The van der Waals surface area contributed by atoms with Crippen LogP contribution in [-0.4, -0.2) is 39.9 Å². The lowest BCUT2D eigenvalue weighted by molar-refractivity contribution is -0.158. The molecule has 1 aromatic heterocycles. The fourth-order valence-corrected chi connectivity index (χ4v) is 2.78. The van der Waals surface area contributed by atoms with Crippen LogP contribution in [0.2, 0.25) is 0 Å². The number of hydrogen-bond acceptors (Lipinski definition) is 3. The van der Waals surface area contributed by atoms with Crippen LogP contribution in [0.3, 0.4) is 0 Å². The molecule has 0 bridgehead atoms. The minimum Gasteiger partial charge on any atom is -0.332 e. The number of benzene rings is 1. The lowest BCUT2D eigenvalue weighted by Gasteiger charge is -2.18. The van der Waals surface area contributed by atoms with E-state index < -0.39 is 36.0 Å². The van der Waals surface area contributed by atoms with Crippen molar-refractivity contribution in [2.75, 3.05) is 13.1 Å². The number of nitrogens with zero attached hydrogens (tertiary/aromatic N) is 3. The van der Waals surface area contributed by atoms with Gasteiger partial charge < -0.3 is 4.90 Å². The van der Waals surface area contributed by atoms with Crippen LogP contribution in [0.15, 0.2) is 41.2 Å². The largest absolute Gasteiger partial charge is 0.406 e. The Balaban J connectivity index is 1.93. The topological polar surface area (TPSA) is 55.2 Å². The van der Waals surface area contributed by atoms with Crippen LogP contribution >= 0.6 is 0 Å². The average molecular weight is 355 g/mol. The Morgan fingerprint density at radius 1 is 1.12 bits per heavy atom. The fourth-order valence-electron chi connectivity index (χ4n) is 2.78. The van der Waals surface area contributed by atoms with Crippen LogP contribution < -0.4 is 5.56 Å². The van der Waals surface area contributed by atoms with Gasteiger partial charge in [-0.2, -0.15) is 18.3 Å². The third-order valence-electron chi connectivity index (χ3n) is 3.91. The molecular formula is C16H13F4N3O2. The molecule has 1 atom stereocenters. The van der Waals surface area contributed by atoms with Crippen molar-refractivity contribution in [3.8, 4) is 11.3 Å². The molecule has 0 radical (unpaired) electrons. The summed E-state index contributed by atoms with van der Waals surface area (Å²) in [6.45, 7) is -1.49. The standard InChI is InChI=1S/C16H13F4N3O2/c17-11-4-2-1-3-10(11)12-5-6-14(24)23(21-12)13-7-8-22(15(13)25)9-16(18,19)20/h1-6,13H,7-9H2. The molecule has 1 unspecified atom stereocenters. The molecule has 2 aromatic rings. The fraction of sp³-hybridized carbons (Fsp3) is 0.312. The third kappa shape index (κ3) is 3.54. The molecule has 2 heterocycles. The summed E-state index contributed by atoms with van der Waals surface area (Å²) >= 11 is 0. The van der Waals surface area contributed by atoms with Gasteiger partial charge in [-0.15, -0.1) is 0 Å². The number of alkyl halides is 3. The van der Waals surface area contributed by atoms with E-state index in [1.165, 1.54) is 24.3 Å². The highest BCUT2D eigenvalue weighted by Gasteiger charge is 2.40. The predicted molar refractivity (Wildman–Crippen MR) is 80.2 cm³/mol. The number of aromatic nitrogens is 2. The maximum Gasteiger partial charge on any atom is 0.406 e. The number of carbonyl (C=O) groups excluding carboxylic acids is 1. The van der Waals surface area contributed by atoms with E-state index in [1.807, 2.05) is 0 Å². The molecule has 132 valence electrons. The Bertz CT molecular complexity index is 863. The Kier molecular flexibility index (Phi) is 4.32. The second-order valence-electron chi connectivity index (χ2n) is 5.66. The van der Waals surface area contributed by atoms with Gasteiger partial charge in [-0.05, 0) is 24.6 Å². The van der Waals surface area contributed by atoms with Crippen LogP contribution in [0.5, 0.6) is 0 Å². The van der Waals surface area contributed by atoms with Gasteiger partial charge in [0.15, 0.2) is 0 Å². The Morgan fingerprint density at radius 2 is 1.84 bits per heavy atom. The van der Waals surface area contributed by atoms with Gasteiger partial charge in [0.2, 0.25) is 5.91 Å². The summed E-state index contributed by atoms with van der Waals surface area (Å²) in [4.78, 5) is 24.9. The maximum absolute atomic E-state index is 13.9. The number of likely N-dealkylation sites (tertiary alicyclic amines) is 1. The van der Waals surface area contributed by atoms with Crippen molar-refractivity contribution >= 4 is 5.91 Å². The molecule has 25 heavy (non-hydrogen) atoms. The SMILES string of the molecule is O=C1C(n2nc(-c3ccccc3F)ccc2=O)CCN1CC(F)(F)F. The summed E-state index contributed by atoms with van der Waals surface area (Å²) in [6, 6.07) is 7.06. The quantitative estimate of drug-likeness (QED) is 0.795. The molecule has 1 aromatic carbocycles. The molecule has 0 saturated carbocycles. The van der Waals surface area contributed by atoms with E-state index in [2.05, 4.69) is 5.10 Å². The molecule has 3 rings (SSSR count). The zero-order valence-corrected chi connectivity index (χ0v) is 12.8. The van der Waals surface area contributed by atoms with Gasteiger partial charge in [-0.3, -0.25) is 9.59 Å². The number of carbonyl (C=O) groups is 1. The van der Waals surface area contributed by atoms with E-state index in [0.29, 0.717) is 4.90 Å². The van der Waals surface area contributed by atoms with Crippen molar-refractivity contribution in [1.82, 2.24) is 14.7 Å². The molecule has 0 spiro atoms. The molecule has 9 heteroatoms. The smallest absolute Gasteiger partial charge is 0.332 e. The monoisotopic (exact) mass is 355 g/mol. The lowest BCUT2D eigenvalue weighted by Crippen LogP contribution is -2.38. The highest BCUT2D eigenvalue weighted by atomic mass is 19.4. The van der Waals surface area contributed by atoms with Crippen molar-refractivity contribution in [3.05, 3.63) is 52.6 Å². The van der Waals surface area contributed by atoms with Crippen molar-refractivity contribution in [2.24, 2.45) is 0 Å². The van der Waals surface area contributed by atoms with Crippen molar-refractivity contribution in [1.29, 1.82) is 0 Å². The van der Waals surface area contributed by atoms with E-state index >= 15 is 0 Å². The van der Waals surface area contributed by atoms with E-state index in [1.54, 1.807) is 6.07 Å². The first-order valence-corrected chi connectivity index (χ1v) is 7.46. The molecule has 0 N–H and O–H groups in total. The Hall–Kier alpha value is -2.71. The number of amides is 1. The van der Waals surface area contributed by atoms with Crippen LogP contribution in [-0.2, 0) is 4.79 Å². The van der Waals surface area contributed by atoms with E-state index in [9.17, 15) is 27.2 Å². The summed E-state index contributed by atoms with van der Waals surface area (Å²) in [7, 11) is 0. The van der Waals surface area contributed by atoms with E-state index in [0.717, 1.165) is 10.7 Å². The molecule has 1 saturated heterocycles.